The molecule has 3 nitrogen and oxygen atoms in total. The molecule has 3 heteroatoms. The third-order valence-electron chi connectivity index (χ3n) is 3.72. The van der Waals surface area contributed by atoms with E-state index < -0.39 is 0 Å². The molecule has 0 amide bonds. The van der Waals surface area contributed by atoms with Crippen LogP contribution in [0.4, 0.5) is 0 Å². The number of hydrogen-bond donors (Lipinski definition) is 1. The topological polar surface area (TPSA) is 37.8 Å². The largest absolute Gasteiger partial charge is 0.311 e. The molecular formula is C16H27N3. The van der Waals surface area contributed by atoms with Gasteiger partial charge in [-0.2, -0.15) is 0 Å². The van der Waals surface area contributed by atoms with Crippen LogP contribution in [0.5, 0.6) is 0 Å². The van der Waals surface area contributed by atoms with E-state index in [2.05, 4.69) is 46.9 Å². The average Bonchev–Trinajstić information content (AvgIpc) is 3.07. The first-order valence-corrected chi connectivity index (χ1v) is 7.38. The van der Waals surface area contributed by atoms with Gasteiger partial charge in [0.1, 0.15) is 5.82 Å². The highest BCUT2D eigenvalue weighted by molar-refractivity contribution is 5.29. The van der Waals surface area contributed by atoms with E-state index >= 15 is 0 Å². The monoisotopic (exact) mass is 261 g/mol. The van der Waals surface area contributed by atoms with E-state index in [0.29, 0.717) is 11.8 Å². The van der Waals surface area contributed by atoms with Crippen LogP contribution in [0.2, 0.25) is 0 Å². The van der Waals surface area contributed by atoms with Crippen molar-refractivity contribution in [3.05, 3.63) is 22.8 Å². The van der Waals surface area contributed by atoms with E-state index in [1.165, 1.54) is 18.4 Å². The Kier molecular flexibility index (Phi) is 3.95. The van der Waals surface area contributed by atoms with Crippen molar-refractivity contribution in [2.75, 3.05) is 6.54 Å². The van der Waals surface area contributed by atoms with Gasteiger partial charge in [-0.15, -0.1) is 0 Å². The molecule has 0 aromatic carbocycles. The third-order valence-corrected chi connectivity index (χ3v) is 3.72. The second-order valence-electron chi connectivity index (χ2n) is 6.97. The van der Waals surface area contributed by atoms with E-state index in [1.807, 2.05) is 0 Å². The van der Waals surface area contributed by atoms with Gasteiger partial charge in [0.05, 0.1) is 0 Å². The molecule has 1 atom stereocenters. The van der Waals surface area contributed by atoms with Gasteiger partial charge in [0.15, 0.2) is 0 Å². The van der Waals surface area contributed by atoms with Gasteiger partial charge in [0.25, 0.3) is 0 Å². The van der Waals surface area contributed by atoms with Gasteiger partial charge in [0, 0.05) is 29.4 Å². The number of aromatic nitrogens is 2. The lowest BCUT2D eigenvalue weighted by Gasteiger charge is -2.25. The van der Waals surface area contributed by atoms with Crippen LogP contribution in [0.1, 0.15) is 75.1 Å². The molecule has 0 radical (unpaired) electrons. The van der Waals surface area contributed by atoms with E-state index in [4.69, 9.17) is 9.97 Å². The van der Waals surface area contributed by atoms with Crippen LogP contribution >= 0.6 is 0 Å². The van der Waals surface area contributed by atoms with Crippen LogP contribution in [-0.2, 0) is 0 Å². The highest BCUT2D eigenvalue weighted by atomic mass is 15.0. The predicted octanol–water partition coefficient (Wildman–Crippen LogP) is 3.46. The van der Waals surface area contributed by atoms with Gasteiger partial charge in [-0.3, -0.25) is 0 Å². The molecule has 1 aromatic heterocycles. The number of nitrogens with zero attached hydrogens (tertiary/aromatic N) is 2. The molecule has 1 aromatic rings. The molecule has 1 aliphatic rings. The number of hydrogen-bond acceptors (Lipinski definition) is 3. The minimum atomic E-state index is 0.158. The van der Waals surface area contributed by atoms with E-state index in [9.17, 15) is 0 Å². The quantitative estimate of drug-likeness (QED) is 0.902. The Morgan fingerprint density at radius 2 is 1.68 bits per heavy atom. The molecule has 0 bridgehead atoms. The average molecular weight is 261 g/mol. The number of aryl methyl sites for hydroxylation is 2. The van der Waals surface area contributed by atoms with Crippen LogP contribution < -0.4 is 5.32 Å². The molecule has 1 aliphatic carbocycles. The lowest BCUT2D eigenvalue weighted by molar-refractivity contribution is 0.411. The molecule has 0 aliphatic heterocycles. The van der Waals surface area contributed by atoms with Crippen LogP contribution in [0.15, 0.2) is 0 Å². The first kappa shape index (κ1) is 14.4. The second-order valence-corrected chi connectivity index (χ2v) is 6.97. The van der Waals surface area contributed by atoms with Crippen LogP contribution in [0, 0.1) is 13.8 Å². The molecule has 106 valence electrons. The molecule has 0 saturated heterocycles. The third kappa shape index (κ3) is 3.75. The molecule has 1 saturated carbocycles. The van der Waals surface area contributed by atoms with Crippen LogP contribution in [-0.4, -0.2) is 22.1 Å². The lowest BCUT2D eigenvalue weighted by atomic mass is 9.96. The van der Waals surface area contributed by atoms with Crippen molar-refractivity contribution >= 4 is 0 Å². The summed E-state index contributed by atoms with van der Waals surface area (Å²) in [6.45, 7) is 14.1. The summed E-state index contributed by atoms with van der Waals surface area (Å²) in [5.41, 5.74) is 3.81. The minimum absolute atomic E-state index is 0.158. The Morgan fingerprint density at radius 3 is 2.11 bits per heavy atom. The fourth-order valence-electron chi connectivity index (χ4n) is 2.55. The van der Waals surface area contributed by atoms with E-state index in [-0.39, 0.29) is 5.54 Å². The minimum Gasteiger partial charge on any atom is -0.311 e. The van der Waals surface area contributed by atoms with Gasteiger partial charge in [-0.1, -0.05) is 6.92 Å². The van der Waals surface area contributed by atoms with Crippen molar-refractivity contribution < 1.29 is 0 Å². The summed E-state index contributed by atoms with van der Waals surface area (Å²) in [7, 11) is 0. The normalized spacial score (nSPS) is 17.6. The van der Waals surface area contributed by atoms with Crippen molar-refractivity contribution in [1.82, 2.24) is 15.3 Å². The highest BCUT2D eigenvalue weighted by Crippen LogP contribution is 2.38. The first-order valence-electron chi connectivity index (χ1n) is 7.38. The first-order chi connectivity index (χ1) is 8.78. The lowest BCUT2D eigenvalue weighted by Crippen LogP contribution is -2.38. The molecule has 1 heterocycles. The fourth-order valence-corrected chi connectivity index (χ4v) is 2.55. The Morgan fingerprint density at radius 1 is 1.16 bits per heavy atom. The fraction of sp³-hybridized carbons (Fsp3) is 0.750. The molecular weight excluding hydrogens is 234 g/mol. The highest BCUT2D eigenvalue weighted by Gasteiger charge is 2.28. The Hall–Kier alpha value is -0.960. The Labute approximate surface area is 117 Å². The smallest absolute Gasteiger partial charge is 0.131 e. The second kappa shape index (κ2) is 5.20. The van der Waals surface area contributed by atoms with Crippen molar-refractivity contribution in [3.8, 4) is 0 Å². The maximum absolute atomic E-state index is 4.72. The molecule has 1 fully saturated rings. The number of nitrogens with one attached hydrogen (secondary N) is 1. The molecule has 19 heavy (non-hydrogen) atoms. The van der Waals surface area contributed by atoms with Crippen LogP contribution in [0.3, 0.4) is 0 Å². The van der Waals surface area contributed by atoms with Gasteiger partial charge in [-0.25, -0.2) is 9.97 Å². The summed E-state index contributed by atoms with van der Waals surface area (Å²) >= 11 is 0. The van der Waals surface area contributed by atoms with Crippen molar-refractivity contribution in [3.63, 3.8) is 0 Å². The Bertz CT molecular complexity index is 433. The SMILES string of the molecule is Cc1nc(C2CC2)nc(C)c1C(C)CNC(C)(C)C. The zero-order valence-corrected chi connectivity index (χ0v) is 13.2. The molecule has 1 unspecified atom stereocenters. The van der Waals surface area contributed by atoms with Gasteiger partial charge in [0.2, 0.25) is 0 Å². The molecule has 0 spiro atoms. The van der Waals surface area contributed by atoms with Gasteiger partial charge in [-0.05, 0) is 58.9 Å². The van der Waals surface area contributed by atoms with Crippen LogP contribution in [0.25, 0.3) is 0 Å². The summed E-state index contributed by atoms with van der Waals surface area (Å²) in [5, 5.41) is 3.57. The van der Waals surface area contributed by atoms with E-state index in [1.54, 1.807) is 0 Å². The Balaban J connectivity index is 2.14. The summed E-state index contributed by atoms with van der Waals surface area (Å²) in [5.74, 6) is 2.15. The van der Waals surface area contributed by atoms with Gasteiger partial charge >= 0.3 is 0 Å². The molecule has 1 N–H and O–H groups in total. The molecule has 2 rings (SSSR count). The van der Waals surface area contributed by atoms with E-state index in [0.717, 1.165) is 23.8 Å². The zero-order valence-electron chi connectivity index (χ0n) is 13.2. The standard InChI is InChI=1S/C16H27N3/c1-10(9-17-16(4,5)6)14-11(2)18-15(13-7-8-13)19-12(14)3/h10,13,17H,7-9H2,1-6H3. The summed E-state index contributed by atoms with van der Waals surface area (Å²) < 4.78 is 0. The zero-order chi connectivity index (χ0) is 14.2. The maximum Gasteiger partial charge on any atom is 0.131 e. The van der Waals surface area contributed by atoms with Gasteiger partial charge < -0.3 is 5.32 Å². The number of rotatable bonds is 4. The summed E-state index contributed by atoms with van der Waals surface area (Å²) in [6, 6.07) is 0. The van der Waals surface area contributed by atoms with Crippen molar-refractivity contribution in [2.24, 2.45) is 0 Å². The predicted molar refractivity (Wildman–Crippen MR) is 79.7 cm³/mol. The summed E-state index contributed by atoms with van der Waals surface area (Å²) in [6.07, 6.45) is 2.53. The summed E-state index contributed by atoms with van der Waals surface area (Å²) in [4.78, 5) is 9.45. The van der Waals surface area contributed by atoms with Crippen molar-refractivity contribution in [2.45, 2.75) is 71.8 Å². The maximum atomic E-state index is 4.72. The van der Waals surface area contributed by atoms with Crippen molar-refractivity contribution in [1.29, 1.82) is 0 Å².